The number of rotatable bonds is 13. The molecule has 4 rings (SSSR count). The SMILES string of the molecule is CCCC(Sc1ccccc1)(Sc1ccccc1)[C@@H](C)[C@H](Sc1ccccc1)[C@@H](C)OC(=O)c1ccccc1. The van der Waals surface area contributed by atoms with Crippen molar-refractivity contribution in [1.29, 1.82) is 0 Å². The van der Waals surface area contributed by atoms with Crippen LogP contribution in [0.1, 0.15) is 44.0 Å². The maximum absolute atomic E-state index is 13.2. The number of esters is 1. The van der Waals surface area contributed by atoms with Crippen molar-refractivity contribution in [3.05, 3.63) is 127 Å². The van der Waals surface area contributed by atoms with Gasteiger partial charge in [-0.1, -0.05) is 93.1 Å². The number of ether oxygens (including phenoxy) is 1. The van der Waals surface area contributed by atoms with Crippen LogP contribution in [0.15, 0.2) is 136 Å². The third kappa shape index (κ3) is 8.20. The highest BCUT2D eigenvalue weighted by molar-refractivity contribution is 8.18. The fraction of sp³-hybridized carbons (Fsp3) is 0.265. The fourth-order valence-electron chi connectivity index (χ4n) is 4.65. The zero-order valence-electron chi connectivity index (χ0n) is 22.7. The van der Waals surface area contributed by atoms with Gasteiger partial charge in [-0.15, -0.1) is 35.3 Å². The van der Waals surface area contributed by atoms with E-state index in [2.05, 4.69) is 106 Å². The van der Waals surface area contributed by atoms with E-state index in [1.54, 1.807) is 0 Å². The molecule has 0 amide bonds. The second-order valence-corrected chi connectivity index (χ2v) is 13.9. The highest BCUT2D eigenvalue weighted by atomic mass is 32.2. The van der Waals surface area contributed by atoms with Gasteiger partial charge in [-0.05, 0) is 67.8 Å². The van der Waals surface area contributed by atoms with E-state index in [-0.39, 0.29) is 27.3 Å². The Hall–Kier alpha value is -2.60. The summed E-state index contributed by atoms with van der Waals surface area (Å²) < 4.78 is 6.00. The molecule has 202 valence electrons. The third-order valence-electron chi connectivity index (χ3n) is 6.63. The number of thioether (sulfide) groups is 3. The van der Waals surface area contributed by atoms with Crippen molar-refractivity contribution in [3.63, 3.8) is 0 Å². The summed E-state index contributed by atoms with van der Waals surface area (Å²) in [5, 5.41) is 0.0269. The Labute approximate surface area is 246 Å². The molecule has 0 aliphatic carbocycles. The van der Waals surface area contributed by atoms with E-state index in [1.807, 2.05) is 71.7 Å². The molecule has 0 N–H and O–H groups in total. The molecular formula is C34H36O2S3. The van der Waals surface area contributed by atoms with Crippen LogP contribution in [0.5, 0.6) is 0 Å². The van der Waals surface area contributed by atoms with Gasteiger partial charge >= 0.3 is 5.97 Å². The first-order valence-electron chi connectivity index (χ1n) is 13.5. The molecule has 4 aromatic rings. The van der Waals surface area contributed by atoms with Crippen molar-refractivity contribution in [3.8, 4) is 0 Å². The van der Waals surface area contributed by atoms with Crippen molar-refractivity contribution >= 4 is 41.3 Å². The van der Waals surface area contributed by atoms with E-state index in [0.29, 0.717) is 5.56 Å². The van der Waals surface area contributed by atoms with Crippen LogP contribution in [0.25, 0.3) is 0 Å². The van der Waals surface area contributed by atoms with Crippen molar-refractivity contribution < 1.29 is 9.53 Å². The molecule has 3 atom stereocenters. The van der Waals surface area contributed by atoms with Crippen molar-refractivity contribution in [2.75, 3.05) is 0 Å². The Morgan fingerprint density at radius 2 is 1.13 bits per heavy atom. The van der Waals surface area contributed by atoms with Gasteiger partial charge in [0.05, 0.1) is 14.9 Å². The normalized spacial score (nSPS) is 13.8. The molecule has 0 aliphatic heterocycles. The van der Waals surface area contributed by atoms with Crippen LogP contribution in [0.2, 0.25) is 0 Å². The van der Waals surface area contributed by atoms with Crippen LogP contribution in [-0.4, -0.2) is 21.4 Å². The van der Waals surface area contributed by atoms with E-state index in [0.717, 1.165) is 12.8 Å². The largest absolute Gasteiger partial charge is 0.458 e. The van der Waals surface area contributed by atoms with Gasteiger partial charge in [-0.2, -0.15) is 0 Å². The van der Waals surface area contributed by atoms with Crippen LogP contribution in [-0.2, 0) is 4.74 Å². The van der Waals surface area contributed by atoms with E-state index < -0.39 is 0 Å². The van der Waals surface area contributed by atoms with Crippen molar-refractivity contribution in [2.45, 2.75) is 63.7 Å². The highest BCUT2D eigenvalue weighted by Crippen LogP contribution is 2.56. The van der Waals surface area contributed by atoms with Crippen LogP contribution in [0, 0.1) is 5.92 Å². The van der Waals surface area contributed by atoms with Gasteiger partial charge in [0.15, 0.2) is 0 Å². The Morgan fingerprint density at radius 3 is 1.59 bits per heavy atom. The van der Waals surface area contributed by atoms with Gasteiger partial charge in [0, 0.05) is 14.7 Å². The molecule has 0 heterocycles. The fourth-order valence-corrected chi connectivity index (χ4v) is 9.54. The summed E-state index contributed by atoms with van der Waals surface area (Å²) in [5.74, 6) is -0.0990. The highest BCUT2D eigenvalue weighted by Gasteiger charge is 2.44. The standard InChI is InChI=1S/C34H36O2S3/c1-4-25-34(38-30-21-13-7-14-22-30,39-31-23-15-8-16-24-31)26(2)32(37-29-19-11-6-12-20-29)27(3)36-33(35)28-17-9-5-10-18-28/h5-24,26-27,32H,4,25H2,1-3H3/t26-,27+,32-/m0/s1. The Bertz CT molecular complexity index is 1230. The molecule has 0 fully saturated rings. The summed E-state index contributed by atoms with van der Waals surface area (Å²) in [6.45, 7) is 6.65. The number of carbonyl (C=O) groups is 1. The van der Waals surface area contributed by atoms with E-state index in [4.69, 9.17) is 4.74 Å². The number of hydrogen-bond donors (Lipinski definition) is 0. The lowest BCUT2D eigenvalue weighted by molar-refractivity contribution is 0.0306. The minimum absolute atomic E-state index is 0.0269. The molecule has 4 aromatic carbocycles. The monoisotopic (exact) mass is 572 g/mol. The molecule has 0 aromatic heterocycles. The zero-order chi connectivity index (χ0) is 27.5. The quantitative estimate of drug-likeness (QED) is 0.0902. The van der Waals surface area contributed by atoms with Gasteiger partial charge in [0.2, 0.25) is 0 Å². The number of carbonyl (C=O) groups excluding carboxylic acids is 1. The van der Waals surface area contributed by atoms with Gasteiger partial charge < -0.3 is 4.74 Å². The summed E-state index contributed by atoms with van der Waals surface area (Å²) in [6, 6.07) is 41.1. The average molecular weight is 573 g/mol. The second kappa shape index (κ2) is 14.7. The van der Waals surface area contributed by atoms with Gasteiger partial charge in [-0.25, -0.2) is 4.79 Å². The van der Waals surface area contributed by atoms with Crippen molar-refractivity contribution in [2.24, 2.45) is 5.92 Å². The molecule has 0 aliphatic rings. The minimum atomic E-state index is -0.304. The van der Waals surface area contributed by atoms with Crippen LogP contribution in [0.4, 0.5) is 0 Å². The molecule has 2 nitrogen and oxygen atoms in total. The predicted molar refractivity (Wildman–Crippen MR) is 169 cm³/mol. The molecule has 0 saturated heterocycles. The first-order chi connectivity index (χ1) is 19.0. The van der Waals surface area contributed by atoms with Gasteiger partial charge in [0.25, 0.3) is 0 Å². The molecular weight excluding hydrogens is 537 g/mol. The summed E-state index contributed by atoms with van der Waals surface area (Å²) in [5.41, 5.74) is 0.581. The van der Waals surface area contributed by atoms with Crippen LogP contribution < -0.4 is 0 Å². The minimum Gasteiger partial charge on any atom is -0.458 e. The number of benzene rings is 4. The first kappa shape index (κ1) is 29.4. The third-order valence-corrected chi connectivity index (χ3v) is 11.6. The Kier molecular flexibility index (Phi) is 11.1. The lowest BCUT2D eigenvalue weighted by atomic mass is 9.95. The zero-order valence-corrected chi connectivity index (χ0v) is 25.2. The topological polar surface area (TPSA) is 26.3 Å². The molecule has 0 bridgehead atoms. The summed E-state index contributed by atoms with van der Waals surface area (Å²) >= 11 is 5.70. The summed E-state index contributed by atoms with van der Waals surface area (Å²) in [7, 11) is 0. The lowest BCUT2D eigenvalue weighted by Crippen LogP contribution is -2.42. The molecule has 39 heavy (non-hydrogen) atoms. The second-order valence-electron chi connectivity index (χ2n) is 9.55. The Morgan fingerprint density at radius 1 is 0.692 bits per heavy atom. The van der Waals surface area contributed by atoms with Crippen molar-refractivity contribution in [1.82, 2.24) is 0 Å². The Balaban J connectivity index is 1.73. The van der Waals surface area contributed by atoms with E-state index in [1.165, 1.54) is 14.7 Å². The molecule has 5 heteroatoms. The first-order valence-corrected chi connectivity index (χ1v) is 16.0. The van der Waals surface area contributed by atoms with Gasteiger partial charge in [-0.3, -0.25) is 0 Å². The predicted octanol–water partition coefficient (Wildman–Crippen LogP) is 10.1. The van der Waals surface area contributed by atoms with Gasteiger partial charge in [0.1, 0.15) is 6.10 Å². The molecule has 0 spiro atoms. The lowest BCUT2D eigenvalue weighted by Gasteiger charge is -2.43. The molecule has 0 radical (unpaired) electrons. The average Bonchev–Trinajstić information content (AvgIpc) is 2.97. The summed E-state index contributed by atoms with van der Waals surface area (Å²) in [6.07, 6.45) is 1.76. The molecule has 0 saturated carbocycles. The van der Waals surface area contributed by atoms with E-state index in [9.17, 15) is 4.79 Å². The smallest absolute Gasteiger partial charge is 0.338 e. The van der Waals surface area contributed by atoms with Crippen LogP contribution in [0.3, 0.4) is 0 Å². The molecule has 0 unspecified atom stereocenters. The maximum Gasteiger partial charge on any atom is 0.338 e. The maximum atomic E-state index is 13.2. The summed E-state index contributed by atoms with van der Waals surface area (Å²) in [4.78, 5) is 16.8. The number of hydrogen-bond acceptors (Lipinski definition) is 5. The van der Waals surface area contributed by atoms with E-state index >= 15 is 0 Å². The van der Waals surface area contributed by atoms with Crippen LogP contribution >= 0.6 is 35.3 Å².